The van der Waals surface area contributed by atoms with Gasteiger partial charge in [0.15, 0.2) is 0 Å². The van der Waals surface area contributed by atoms with Gasteiger partial charge in [-0.05, 0) is 36.5 Å². The van der Waals surface area contributed by atoms with Gasteiger partial charge in [0.2, 0.25) is 0 Å². The number of hydrogen-bond acceptors (Lipinski definition) is 0. The predicted octanol–water partition coefficient (Wildman–Crippen LogP) is 4.35. The Kier molecular flexibility index (Phi) is 4.51. The first kappa shape index (κ1) is 10.8. The second-order valence-electron chi connectivity index (χ2n) is 3.33. The van der Waals surface area contributed by atoms with Crippen LogP contribution in [0.5, 0.6) is 0 Å². The molecule has 0 aliphatic heterocycles. The summed E-state index contributed by atoms with van der Waals surface area (Å²) in [7, 11) is 0. The Labute approximate surface area is 89.5 Å². The van der Waals surface area contributed by atoms with Crippen LogP contribution in [0.2, 0.25) is 0 Å². The molecule has 13 heavy (non-hydrogen) atoms. The summed E-state index contributed by atoms with van der Waals surface area (Å²) in [5.41, 5.74) is 3.00. The van der Waals surface area contributed by atoms with E-state index in [1.165, 1.54) is 34.9 Å². The van der Waals surface area contributed by atoms with Crippen LogP contribution < -0.4 is 0 Å². The molecule has 0 aliphatic carbocycles. The van der Waals surface area contributed by atoms with Gasteiger partial charge >= 0.3 is 0 Å². The van der Waals surface area contributed by atoms with Crippen LogP contribution >= 0.6 is 15.9 Å². The van der Waals surface area contributed by atoms with E-state index >= 15 is 0 Å². The Bertz CT molecular complexity index is 266. The molecule has 0 aliphatic rings. The average Bonchev–Trinajstić information content (AvgIpc) is 2.15. The molecule has 1 aromatic rings. The van der Waals surface area contributed by atoms with Crippen molar-refractivity contribution in [3.63, 3.8) is 0 Å². The highest BCUT2D eigenvalue weighted by atomic mass is 79.9. The van der Waals surface area contributed by atoms with Crippen molar-refractivity contribution in [1.82, 2.24) is 0 Å². The molecule has 0 saturated heterocycles. The average molecular weight is 241 g/mol. The van der Waals surface area contributed by atoms with Gasteiger partial charge in [-0.15, -0.1) is 0 Å². The van der Waals surface area contributed by atoms with Crippen LogP contribution in [0.1, 0.15) is 37.8 Å². The zero-order valence-electron chi connectivity index (χ0n) is 8.44. The smallest absolute Gasteiger partial charge is 0.0210 e. The number of benzene rings is 1. The SMILES string of the molecule is CCCCc1c(Br)cccc1CC. The largest absolute Gasteiger partial charge is 0.0654 e. The quantitative estimate of drug-likeness (QED) is 0.734. The van der Waals surface area contributed by atoms with Gasteiger partial charge in [0, 0.05) is 4.47 Å². The van der Waals surface area contributed by atoms with E-state index in [1.54, 1.807) is 0 Å². The first-order valence-electron chi connectivity index (χ1n) is 5.05. The fourth-order valence-electron chi connectivity index (χ4n) is 1.57. The van der Waals surface area contributed by atoms with E-state index in [-0.39, 0.29) is 0 Å². The lowest BCUT2D eigenvalue weighted by Gasteiger charge is -2.09. The molecule has 0 amide bonds. The van der Waals surface area contributed by atoms with Crippen molar-refractivity contribution in [3.8, 4) is 0 Å². The number of rotatable bonds is 4. The van der Waals surface area contributed by atoms with Crippen LogP contribution in [0, 0.1) is 0 Å². The van der Waals surface area contributed by atoms with E-state index < -0.39 is 0 Å². The van der Waals surface area contributed by atoms with E-state index in [0.29, 0.717) is 0 Å². The second kappa shape index (κ2) is 5.43. The summed E-state index contributed by atoms with van der Waals surface area (Å²) < 4.78 is 1.28. The molecule has 0 heterocycles. The maximum absolute atomic E-state index is 3.62. The van der Waals surface area contributed by atoms with E-state index in [9.17, 15) is 0 Å². The number of aryl methyl sites for hydroxylation is 1. The predicted molar refractivity (Wildman–Crippen MR) is 62.1 cm³/mol. The molecule has 0 unspecified atom stereocenters. The van der Waals surface area contributed by atoms with Crippen molar-refractivity contribution in [2.45, 2.75) is 39.5 Å². The molecule has 0 spiro atoms. The molecule has 1 aromatic carbocycles. The zero-order chi connectivity index (χ0) is 9.68. The lowest BCUT2D eigenvalue weighted by molar-refractivity contribution is 0.784. The lowest BCUT2D eigenvalue weighted by atomic mass is 10.0. The molecule has 1 rings (SSSR count). The van der Waals surface area contributed by atoms with Gasteiger partial charge in [0.05, 0.1) is 0 Å². The summed E-state index contributed by atoms with van der Waals surface area (Å²) in [6.07, 6.45) is 4.90. The Morgan fingerprint density at radius 1 is 1.23 bits per heavy atom. The molecule has 0 fully saturated rings. The van der Waals surface area contributed by atoms with Crippen molar-refractivity contribution < 1.29 is 0 Å². The third kappa shape index (κ3) is 2.84. The van der Waals surface area contributed by atoms with Gasteiger partial charge in [-0.2, -0.15) is 0 Å². The standard InChI is InChI=1S/C12H17Br/c1-3-5-8-11-10(4-2)7-6-9-12(11)13/h6-7,9H,3-5,8H2,1-2H3. The molecule has 1 heteroatoms. The van der Waals surface area contributed by atoms with Gasteiger partial charge in [-0.3, -0.25) is 0 Å². The summed E-state index contributed by atoms with van der Waals surface area (Å²) >= 11 is 3.62. The highest BCUT2D eigenvalue weighted by molar-refractivity contribution is 9.10. The number of halogens is 1. The Morgan fingerprint density at radius 3 is 2.62 bits per heavy atom. The van der Waals surface area contributed by atoms with Gasteiger partial charge in [-0.25, -0.2) is 0 Å². The monoisotopic (exact) mass is 240 g/mol. The highest BCUT2D eigenvalue weighted by Gasteiger charge is 2.03. The van der Waals surface area contributed by atoms with Crippen molar-refractivity contribution in [3.05, 3.63) is 33.8 Å². The van der Waals surface area contributed by atoms with Crippen LogP contribution in [0.4, 0.5) is 0 Å². The molecule has 0 saturated carbocycles. The van der Waals surface area contributed by atoms with Gasteiger partial charge in [0.25, 0.3) is 0 Å². The molecule has 0 N–H and O–H groups in total. The maximum atomic E-state index is 3.62. The summed E-state index contributed by atoms with van der Waals surface area (Å²) in [4.78, 5) is 0. The number of unbranched alkanes of at least 4 members (excludes halogenated alkanes) is 1. The van der Waals surface area contributed by atoms with Crippen molar-refractivity contribution in [2.75, 3.05) is 0 Å². The van der Waals surface area contributed by atoms with Crippen molar-refractivity contribution in [1.29, 1.82) is 0 Å². The minimum Gasteiger partial charge on any atom is -0.0654 e. The maximum Gasteiger partial charge on any atom is 0.0210 e. The second-order valence-corrected chi connectivity index (χ2v) is 4.19. The third-order valence-electron chi connectivity index (χ3n) is 2.38. The highest BCUT2D eigenvalue weighted by Crippen LogP contribution is 2.22. The molecule has 72 valence electrons. The summed E-state index contributed by atoms with van der Waals surface area (Å²) in [6, 6.07) is 6.50. The van der Waals surface area contributed by atoms with Crippen LogP contribution in [0.15, 0.2) is 22.7 Å². The molecular weight excluding hydrogens is 224 g/mol. The van der Waals surface area contributed by atoms with E-state index in [2.05, 4.69) is 48.0 Å². The topological polar surface area (TPSA) is 0 Å². The van der Waals surface area contributed by atoms with Crippen molar-refractivity contribution >= 4 is 15.9 Å². The molecular formula is C12H17Br. The molecule has 0 nitrogen and oxygen atoms in total. The van der Waals surface area contributed by atoms with Crippen LogP contribution in [-0.2, 0) is 12.8 Å². The first-order valence-corrected chi connectivity index (χ1v) is 5.85. The lowest BCUT2D eigenvalue weighted by Crippen LogP contribution is -1.94. The van der Waals surface area contributed by atoms with Gasteiger partial charge < -0.3 is 0 Å². The summed E-state index contributed by atoms with van der Waals surface area (Å²) in [5, 5.41) is 0. The minimum absolute atomic E-state index is 1.14. The van der Waals surface area contributed by atoms with Crippen LogP contribution in [0.3, 0.4) is 0 Å². The number of hydrogen-bond donors (Lipinski definition) is 0. The Balaban J connectivity index is 2.87. The van der Waals surface area contributed by atoms with Gasteiger partial charge in [0.1, 0.15) is 0 Å². The van der Waals surface area contributed by atoms with Crippen molar-refractivity contribution in [2.24, 2.45) is 0 Å². The van der Waals surface area contributed by atoms with Crippen LogP contribution in [-0.4, -0.2) is 0 Å². The van der Waals surface area contributed by atoms with E-state index in [1.807, 2.05) is 0 Å². The molecule has 0 atom stereocenters. The first-order chi connectivity index (χ1) is 6.29. The fraction of sp³-hybridized carbons (Fsp3) is 0.500. The van der Waals surface area contributed by atoms with E-state index in [0.717, 1.165) is 6.42 Å². The van der Waals surface area contributed by atoms with Gasteiger partial charge in [-0.1, -0.05) is 48.3 Å². The zero-order valence-corrected chi connectivity index (χ0v) is 10.0. The molecule has 0 aromatic heterocycles. The summed E-state index contributed by atoms with van der Waals surface area (Å²) in [5.74, 6) is 0. The molecule has 0 bridgehead atoms. The minimum atomic E-state index is 1.14. The Morgan fingerprint density at radius 2 is 2.00 bits per heavy atom. The fourth-order valence-corrected chi connectivity index (χ4v) is 2.17. The third-order valence-corrected chi connectivity index (χ3v) is 3.12. The Hall–Kier alpha value is -0.300. The summed E-state index contributed by atoms with van der Waals surface area (Å²) in [6.45, 7) is 4.46. The normalized spacial score (nSPS) is 10.4. The van der Waals surface area contributed by atoms with E-state index in [4.69, 9.17) is 0 Å². The molecule has 0 radical (unpaired) electrons. The van der Waals surface area contributed by atoms with Crippen LogP contribution in [0.25, 0.3) is 0 Å².